The second kappa shape index (κ2) is 7.55. The Bertz CT molecular complexity index is 1450. The van der Waals surface area contributed by atoms with Crippen LogP contribution in [0.2, 0.25) is 0 Å². The van der Waals surface area contributed by atoms with E-state index in [0.717, 1.165) is 62.4 Å². The lowest BCUT2D eigenvalue weighted by Crippen LogP contribution is -2.37. The van der Waals surface area contributed by atoms with E-state index in [2.05, 4.69) is 42.5 Å². The van der Waals surface area contributed by atoms with Crippen LogP contribution in [0.3, 0.4) is 0 Å². The lowest BCUT2D eigenvalue weighted by atomic mass is 9.43. The summed E-state index contributed by atoms with van der Waals surface area (Å²) in [5, 5.41) is 3.55. The zero-order valence-corrected chi connectivity index (χ0v) is 18.1. The van der Waals surface area contributed by atoms with Gasteiger partial charge in [0.2, 0.25) is 0 Å². The van der Waals surface area contributed by atoms with Crippen molar-refractivity contribution in [3.63, 3.8) is 0 Å². The van der Waals surface area contributed by atoms with E-state index in [9.17, 15) is 0 Å². The molecule has 2 nitrogen and oxygen atoms in total. The Labute approximate surface area is 190 Å². The summed E-state index contributed by atoms with van der Waals surface area (Å²) < 4.78 is 6.34. The molecule has 1 aliphatic carbocycles. The third kappa shape index (κ3) is 3.08. The number of para-hydroxylation sites is 1. The van der Waals surface area contributed by atoms with Gasteiger partial charge in [-0.1, -0.05) is 85.3 Å². The number of benzene rings is 3. The highest BCUT2D eigenvalue weighted by Crippen LogP contribution is 2.42. The molecule has 0 atom stereocenters. The van der Waals surface area contributed by atoms with Crippen LogP contribution < -0.4 is 0 Å². The molecule has 152 valence electrons. The largest absolute Gasteiger partial charge is 0.455 e. The molecule has 0 N–H and O–H groups in total. The van der Waals surface area contributed by atoms with E-state index in [4.69, 9.17) is 25.1 Å². The van der Waals surface area contributed by atoms with Gasteiger partial charge in [0.05, 0.1) is 21.4 Å². The molecule has 4 heteroatoms. The zero-order valence-electron chi connectivity index (χ0n) is 18.1. The minimum Gasteiger partial charge on any atom is -0.455 e. The normalized spacial score (nSPS) is 15.6. The average molecular weight is 411 g/mol. The Balaban J connectivity index is 1.59. The molecule has 0 unspecified atom stereocenters. The molecule has 5 aromatic rings. The molecule has 6 rings (SSSR count). The van der Waals surface area contributed by atoms with Gasteiger partial charge in [0.15, 0.2) is 0 Å². The third-order valence-electron chi connectivity index (χ3n) is 7.19. The van der Waals surface area contributed by atoms with Crippen molar-refractivity contribution in [1.82, 2.24) is 4.98 Å². The highest BCUT2D eigenvalue weighted by molar-refractivity contribution is 6.40. The predicted octanol–water partition coefficient (Wildman–Crippen LogP) is 6.87. The van der Waals surface area contributed by atoms with Crippen LogP contribution in [-0.2, 0) is 5.21 Å². The van der Waals surface area contributed by atoms with E-state index < -0.39 is 5.21 Å². The number of nitrogens with zero attached hydrogens (tertiary/aromatic N) is 1. The fourth-order valence-electron chi connectivity index (χ4n) is 5.42. The van der Waals surface area contributed by atoms with E-state index >= 15 is 0 Å². The number of pyridine rings is 1. The lowest BCUT2D eigenvalue weighted by Gasteiger charge is -2.38. The van der Waals surface area contributed by atoms with Crippen molar-refractivity contribution in [2.75, 3.05) is 0 Å². The number of fused-ring (bicyclic) bond motifs is 5. The summed E-state index contributed by atoms with van der Waals surface area (Å²) in [5.74, 6) is 0.290. The van der Waals surface area contributed by atoms with Crippen LogP contribution >= 0.6 is 0 Å². The second-order valence-electron chi connectivity index (χ2n) is 9.15. The van der Waals surface area contributed by atoms with Gasteiger partial charge in [-0.25, -0.2) is 0 Å². The molecule has 1 fully saturated rings. The Morgan fingerprint density at radius 3 is 2.44 bits per heavy atom. The zero-order chi connectivity index (χ0) is 21.7. The van der Waals surface area contributed by atoms with E-state index in [1.807, 2.05) is 30.5 Å². The maximum absolute atomic E-state index is 6.76. The first-order chi connectivity index (χ1) is 15.6. The van der Waals surface area contributed by atoms with Crippen LogP contribution in [0, 0.1) is 5.92 Å². The summed E-state index contributed by atoms with van der Waals surface area (Å²) in [6.07, 6.45) is 7.67. The van der Waals surface area contributed by atoms with Crippen molar-refractivity contribution >= 4 is 48.4 Å². The molecular weight excluding hydrogens is 388 g/mol. The fourth-order valence-corrected chi connectivity index (χ4v) is 5.42. The first-order valence-corrected chi connectivity index (χ1v) is 11.5. The summed E-state index contributed by atoms with van der Waals surface area (Å²) in [6.45, 7) is 0. The number of aromatic nitrogens is 1. The minimum absolute atomic E-state index is 0.290. The number of rotatable bonds is 3. The maximum Gasteiger partial charge on any atom is 0.143 e. The Morgan fingerprint density at radius 1 is 0.844 bits per heavy atom. The van der Waals surface area contributed by atoms with Gasteiger partial charge in [-0.15, -0.1) is 0 Å². The van der Waals surface area contributed by atoms with Crippen LogP contribution in [0.15, 0.2) is 77.3 Å². The Morgan fingerprint density at radius 2 is 1.59 bits per heavy atom. The fraction of sp³-hybridized carbons (Fsp3) is 0.250. The van der Waals surface area contributed by atoms with Crippen molar-refractivity contribution in [1.29, 1.82) is 0 Å². The first kappa shape index (κ1) is 19.7. The Hall–Kier alpha value is -3.00. The van der Waals surface area contributed by atoms with E-state index in [1.54, 1.807) is 0 Å². The van der Waals surface area contributed by atoms with Gasteiger partial charge in [-0.05, 0) is 35.6 Å². The summed E-state index contributed by atoms with van der Waals surface area (Å²) in [6, 6.07) is 22.8. The molecule has 32 heavy (non-hydrogen) atoms. The van der Waals surface area contributed by atoms with E-state index in [-0.39, 0.29) is 5.92 Å². The molecule has 0 amide bonds. The lowest BCUT2D eigenvalue weighted by molar-refractivity contribution is 0.327. The smallest absolute Gasteiger partial charge is 0.143 e. The average Bonchev–Trinajstić information content (AvgIpc) is 3.24. The molecule has 0 bridgehead atoms. The summed E-state index contributed by atoms with van der Waals surface area (Å²) in [5.41, 5.74) is 4.64. The van der Waals surface area contributed by atoms with Crippen molar-refractivity contribution < 1.29 is 4.42 Å². The van der Waals surface area contributed by atoms with Crippen LogP contribution in [0.4, 0.5) is 0 Å². The second-order valence-corrected chi connectivity index (χ2v) is 9.15. The van der Waals surface area contributed by atoms with Crippen LogP contribution in [0.5, 0.6) is 0 Å². The van der Waals surface area contributed by atoms with Gasteiger partial charge in [0, 0.05) is 27.9 Å². The van der Waals surface area contributed by atoms with Crippen molar-refractivity contribution in [3.05, 3.63) is 78.5 Å². The molecule has 1 saturated carbocycles. The van der Waals surface area contributed by atoms with Crippen LogP contribution in [0.1, 0.15) is 37.7 Å². The molecule has 0 saturated heterocycles. The van der Waals surface area contributed by atoms with Crippen LogP contribution in [-0.4, -0.2) is 20.7 Å². The third-order valence-corrected chi connectivity index (χ3v) is 7.19. The van der Waals surface area contributed by atoms with E-state index in [1.165, 1.54) is 19.3 Å². The van der Waals surface area contributed by atoms with E-state index in [0.29, 0.717) is 0 Å². The number of hydrogen-bond donors (Lipinski definition) is 0. The van der Waals surface area contributed by atoms with Gasteiger partial charge in [0.1, 0.15) is 11.2 Å². The minimum atomic E-state index is -0.855. The molecular formula is C28H23B2NO. The monoisotopic (exact) mass is 411 g/mol. The van der Waals surface area contributed by atoms with Gasteiger partial charge < -0.3 is 4.42 Å². The van der Waals surface area contributed by atoms with Gasteiger partial charge in [-0.2, -0.15) is 0 Å². The molecule has 3 aromatic carbocycles. The van der Waals surface area contributed by atoms with Gasteiger partial charge in [-0.3, -0.25) is 4.98 Å². The molecule has 0 spiro atoms. The van der Waals surface area contributed by atoms with Crippen molar-refractivity contribution in [2.45, 2.75) is 37.3 Å². The number of hydrogen-bond acceptors (Lipinski definition) is 2. The topological polar surface area (TPSA) is 26.0 Å². The highest BCUT2D eigenvalue weighted by atomic mass is 16.3. The summed E-state index contributed by atoms with van der Waals surface area (Å²) >= 11 is 0. The van der Waals surface area contributed by atoms with Gasteiger partial charge in [0.25, 0.3) is 0 Å². The molecule has 0 aliphatic heterocycles. The molecule has 4 radical (unpaired) electrons. The summed E-state index contributed by atoms with van der Waals surface area (Å²) in [7, 11) is 13.5. The quantitative estimate of drug-likeness (QED) is 0.303. The van der Waals surface area contributed by atoms with Gasteiger partial charge >= 0.3 is 0 Å². The molecule has 2 heterocycles. The molecule has 1 aliphatic rings. The molecule has 2 aromatic heterocycles. The van der Waals surface area contributed by atoms with Crippen LogP contribution in [0.25, 0.3) is 44.0 Å². The van der Waals surface area contributed by atoms with Crippen molar-refractivity contribution in [2.24, 2.45) is 5.92 Å². The highest BCUT2D eigenvalue weighted by Gasteiger charge is 2.31. The Kier molecular flexibility index (Phi) is 4.64. The standard InChI is InChI=1S/C28H23B2NO/c29-28(30,19-9-2-1-3-10-19)20-14-15-31-24(17-20)23-16-18-8-4-5-11-21(18)27-26(23)22-12-6-7-13-25(22)32-27/h4-8,11-17,19H,1-3,9-10H2. The first-order valence-electron chi connectivity index (χ1n) is 11.5. The SMILES string of the molecule is [B]C([B])(c1ccnc(-c2cc3ccccc3c3oc4ccccc4c23)c1)C1CCCCC1. The maximum atomic E-state index is 6.76. The predicted molar refractivity (Wildman–Crippen MR) is 134 cm³/mol. The van der Waals surface area contributed by atoms with Crippen molar-refractivity contribution in [3.8, 4) is 11.3 Å². The summed E-state index contributed by atoms with van der Waals surface area (Å²) in [4.78, 5) is 4.76. The number of furan rings is 1.